The first-order valence-electron chi connectivity index (χ1n) is 11.1. The predicted molar refractivity (Wildman–Crippen MR) is 136 cm³/mol. The molecule has 0 fully saturated rings. The van der Waals surface area contributed by atoms with Crippen LogP contribution in [0.5, 0.6) is 0 Å². The number of carbonyl (C=O) groups is 1. The predicted octanol–water partition coefficient (Wildman–Crippen LogP) is 6.83. The molecule has 0 spiro atoms. The van der Waals surface area contributed by atoms with Gasteiger partial charge in [0.2, 0.25) is 0 Å². The van der Waals surface area contributed by atoms with Crippen molar-refractivity contribution in [3.63, 3.8) is 0 Å². The van der Waals surface area contributed by atoms with E-state index in [0.29, 0.717) is 33.7 Å². The van der Waals surface area contributed by atoms with Crippen LogP contribution in [0, 0.1) is 0 Å². The lowest BCUT2D eigenvalue weighted by Crippen LogP contribution is -2.22. The zero-order chi connectivity index (χ0) is 25.8. The monoisotopic (exact) mass is 540 g/mol. The molecule has 3 aromatic heterocycles. The molecule has 0 aliphatic heterocycles. The van der Waals surface area contributed by atoms with Crippen LogP contribution in [-0.4, -0.2) is 20.7 Å². The van der Waals surface area contributed by atoms with Crippen molar-refractivity contribution in [2.75, 3.05) is 0 Å². The minimum Gasteiger partial charge on any atom is -0.467 e. The Balaban J connectivity index is 1.39. The summed E-state index contributed by atoms with van der Waals surface area (Å²) in [5.41, 5.74) is 0.909. The average molecular weight is 541 g/mol. The number of halogens is 3. The van der Waals surface area contributed by atoms with E-state index in [1.54, 1.807) is 47.2 Å². The van der Waals surface area contributed by atoms with Gasteiger partial charge in [-0.3, -0.25) is 9.36 Å². The maximum atomic E-state index is 13.4. The van der Waals surface area contributed by atoms with Crippen LogP contribution >= 0.6 is 23.1 Å². The maximum absolute atomic E-state index is 13.4. The zero-order valence-electron chi connectivity index (χ0n) is 19.1. The molecular formula is C26H19F3N4O2S2. The van der Waals surface area contributed by atoms with Gasteiger partial charge in [0.05, 0.1) is 28.9 Å². The summed E-state index contributed by atoms with van der Waals surface area (Å²) in [6.45, 7) is 0.274. The molecule has 0 saturated carbocycles. The van der Waals surface area contributed by atoms with Crippen LogP contribution < -0.4 is 5.32 Å². The molecule has 0 aliphatic carbocycles. The van der Waals surface area contributed by atoms with E-state index in [1.807, 2.05) is 23.6 Å². The largest absolute Gasteiger partial charge is 0.467 e. The summed E-state index contributed by atoms with van der Waals surface area (Å²) < 4.78 is 47.1. The average Bonchev–Trinajstić information content (AvgIpc) is 3.67. The number of thiophene rings is 1. The van der Waals surface area contributed by atoms with Gasteiger partial charge in [0.1, 0.15) is 5.76 Å². The Morgan fingerprint density at radius 3 is 2.65 bits per heavy atom. The molecule has 5 aromatic rings. The molecule has 1 N–H and O–H groups in total. The summed E-state index contributed by atoms with van der Waals surface area (Å²) in [5, 5.41) is 13.7. The van der Waals surface area contributed by atoms with E-state index in [4.69, 9.17) is 4.42 Å². The zero-order valence-corrected chi connectivity index (χ0v) is 20.7. The number of rotatable bonds is 8. The van der Waals surface area contributed by atoms with Gasteiger partial charge in [-0.05, 0) is 59.5 Å². The fraction of sp³-hybridized carbons (Fsp3) is 0.115. The highest BCUT2D eigenvalue weighted by Gasteiger charge is 2.31. The Labute approximate surface area is 218 Å². The Morgan fingerprint density at radius 1 is 1.03 bits per heavy atom. The van der Waals surface area contributed by atoms with Gasteiger partial charge in [0, 0.05) is 11.3 Å². The minimum atomic E-state index is -4.47. The van der Waals surface area contributed by atoms with Crippen molar-refractivity contribution in [3.8, 4) is 16.4 Å². The summed E-state index contributed by atoms with van der Waals surface area (Å²) in [4.78, 5) is 13.4. The van der Waals surface area contributed by atoms with Crippen molar-refractivity contribution < 1.29 is 22.4 Å². The molecule has 0 saturated heterocycles. The van der Waals surface area contributed by atoms with Crippen molar-refractivity contribution >= 4 is 29.0 Å². The Hall–Kier alpha value is -3.83. The van der Waals surface area contributed by atoms with Gasteiger partial charge in [-0.15, -0.1) is 21.5 Å². The summed E-state index contributed by atoms with van der Waals surface area (Å²) in [6, 6.07) is 19.5. The molecule has 0 radical (unpaired) electrons. The van der Waals surface area contributed by atoms with Gasteiger partial charge < -0.3 is 9.73 Å². The lowest BCUT2D eigenvalue weighted by atomic mass is 10.1. The Kier molecular flexibility index (Phi) is 7.15. The van der Waals surface area contributed by atoms with Crippen LogP contribution in [-0.2, 0) is 18.5 Å². The van der Waals surface area contributed by atoms with Crippen molar-refractivity contribution in [2.45, 2.75) is 23.6 Å². The number of thioether (sulfide) groups is 1. The number of furan rings is 1. The van der Waals surface area contributed by atoms with E-state index in [2.05, 4.69) is 15.5 Å². The number of hydrogen-bond acceptors (Lipinski definition) is 6. The molecule has 188 valence electrons. The van der Waals surface area contributed by atoms with Crippen LogP contribution in [0.25, 0.3) is 16.4 Å². The van der Waals surface area contributed by atoms with Gasteiger partial charge in [-0.2, -0.15) is 13.2 Å². The van der Waals surface area contributed by atoms with E-state index in [0.717, 1.165) is 22.6 Å². The second-order valence-electron chi connectivity index (χ2n) is 7.92. The highest BCUT2D eigenvalue weighted by molar-refractivity contribution is 7.98. The van der Waals surface area contributed by atoms with Crippen LogP contribution in [0.1, 0.15) is 27.2 Å². The van der Waals surface area contributed by atoms with Crippen LogP contribution in [0.4, 0.5) is 13.2 Å². The lowest BCUT2D eigenvalue weighted by molar-refractivity contribution is -0.137. The topological polar surface area (TPSA) is 73.0 Å². The fourth-order valence-corrected chi connectivity index (χ4v) is 5.21. The maximum Gasteiger partial charge on any atom is 0.416 e. The molecule has 5 rings (SSSR count). The minimum absolute atomic E-state index is 0.240. The van der Waals surface area contributed by atoms with Crippen LogP contribution in [0.15, 0.2) is 94.0 Å². The highest BCUT2D eigenvalue weighted by atomic mass is 32.2. The van der Waals surface area contributed by atoms with E-state index in [9.17, 15) is 18.0 Å². The molecule has 0 unspecified atom stereocenters. The van der Waals surface area contributed by atoms with Crippen molar-refractivity contribution in [1.29, 1.82) is 0 Å². The standard InChI is InChI=1S/C26H19F3N4O2S2/c27-26(28,29)19-7-2-8-20(14-19)33-23(22-10-4-12-36-22)31-32-25(33)37-16-17-5-1-6-18(13-17)24(34)30-15-21-9-3-11-35-21/h1-14H,15-16H2,(H,30,34). The molecule has 0 bridgehead atoms. The van der Waals surface area contributed by atoms with Gasteiger partial charge in [0.15, 0.2) is 11.0 Å². The van der Waals surface area contributed by atoms with Crippen molar-refractivity contribution in [2.24, 2.45) is 0 Å². The summed E-state index contributed by atoms with van der Waals surface area (Å²) >= 11 is 2.75. The number of alkyl halides is 3. The normalized spacial score (nSPS) is 11.5. The van der Waals surface area contributed by atoms with E-state index in [1.165, 1.54) is 29.2 Å². The van der Waals surface area contributed by atoms with Gasteiger partial charge in [-0.1, -0.05) is 36.0 Å². The van der Waals surface area contributed by atoms with Crippen molar-refractivity contribution in [1.82, 2.24) is 20.1 Å². The third-order valence-electron chi connectivity index (χ3n) is 5.37. The molecule has 2 aromatic carbocycles. The Bertz CT molecular complexity index is 1500. The number of benzene rings is 2. The van der Waals surface area contributed by atoms with Gasteiger partial charge >= 0.3 is 6.18 Å². The number of nitrogens with zero attached hydrogens (tertiary/aromatic N) is 3. The van der Waals surface area contributed by atoms with E-state index >= 15 is 0 Å². The van der Waals surface area contributed by atoms with Crippen LogP contribution in [0.2, 0.25) is 0 Å². The first-order chi connectivity index (χ1) is 17.9. The summed E-state index contributed by atoms with van der Waals surface area (Å²) in [5.74, 6) is 1.30. The van der Waals surface area contributed by atoms with Gasteiger partial charge in [0.25, 0.3) is 5.91 Å². The quantitative estimate of drug-likeness (QED) is 0.219. The molecule has 37 heavy (non-hydrogen) atoms. The first kappa shape index (κ1) is 24.8. The summed E-state index contributed by atoms with van der Waals surface area (Å²) in [6.07, 6.45) is -2.93. The lowest BCUT2D eigenvalue weighted by Gasteiger charge is -2.13. The third kappa shape index (κ3) is 5.78. The SMILES string of the molecule is O=C(NCc1ccco1)c1cccc(CSc2nnc(-c3cccs3)n2-c2cccc(C(F)(F)F)c2)c1. The number of carbonyl (C=O) groups excluding carboxylic acids is 1. The third-order valence-corrected chi connectivity index (χ3v) is 7.23. The number of amides is 1. The molecule has 1 amide bonds. The second-order valence-corrected chi connectivity index (χ2v) is 9.81. The molecule has 0 atom stereocenters. The fourth-order valence-electron chi connectivity index (χ4n) is 3.62. The second kappa shape index (κ2) is 10.7. The van der Waals surface area contributed by atoms with Crippen LogP contribution in [0.3, 0.4) is 0 Å². The van der Waals surface area contributed by atoms with Crippen molar-refractivity contribution in [3.05, 3.63) is 107 Å². The first-order valence-corrected chi connectivity index (χ1v) is 12.9. The number of hydrogen-bond donors (Lipinski definition) is 1. The molecule has 11 heteroatoms. The Morgan fingerprint density at radius 2 is 1.89 bits per heavy atom. The molecule has 0 aliphatic rings. The van der Waals surface area contributed by atoms with E-state index < -0.39 is 11.7 Å². The smallest absolute Gasteiger partial charge is 0.416 e. The van der Waals surface area contributed by atoms with Gasteiger partial charge in [-0.25, -0.2) is 0 Å². The molecular weight excluding hydrogens is 521 g/mol. The molecule has 3 heterocycles. The van der Waals surface area contributed by atoms with E-state index in [-0.39, 0.29) is 12.5 Å². The number of nitrogens with one attached hydrogen (secondary N) is 1. The number of aromatic nitrogens is 3. The molecule has 6 nitrogen and oxygen atoms in total. The summed E-state index contributed by atoms with van der Waals surface area (Å²) in [7, 11) is 0. The highest BCUT2D eigenvalue weighted by Crippen LogP contribution is 2.35.